The minimum absolute atomic E-state index is 0.122. The molecule has 1 atom stereocenters. The molecule has 1 fully saturated rings. The van der Waals surface area contributed by atoms with Gasteiger partial charge in [0.25, 0.3) is 5.91 Å². The smallest absolute Gasteiger partial charge is 0.270 e. The van der Waals surface area contributed by atoms with Crippen LogP contribution in [0.25, 0.3) is 0 Å². The van der Waals surface area contributed by atoms with E-state index in [1.54, 1.807) is 17.0 Å². The monoisotopic (exact) mass is 434 g/mol. The first kappa shape index (κ1) is 21.5. The Morgan fingerprint density at radius 3 is 2.31 bits per heavy atom. The van der Waals surface area contributed by atoms with Crippen LogP contribution in [0.1, 0.15) is 17.5 Å². The van der Waals surface area contributed by atoms with Gasteiger partial charge in [-0.3, -0.25) is 19.5 Å². The highest BCUT2D eigenvalue weighted by Crippen LogP contribution is 2.25. The molecule has 0 saturated carbocycles. The van der Waals surface area contributed by atoms with Crippen molar-refractivity contribution in [2.75, 3.05) is 31.2 Å². The van der Waals surface area contributed by atoms with Crippen LogP contribution < -0.4 is 10.7 Å². The van der Waals surface area contributed by atoms with Crippen LogP contribution in [0.4, 0.5) is 10.1 Å². The number of amides is 2. The second-order valence-electron chi connectivity index (χ2n) is 7.87. The van der Waals surface area contributed by atoms with E-state index in [1.807, 2.05) is 12.1 Å². The van der Waals surface area contributed by atoms with Gasteiger partial charge in [0, 0.05) is 39.1 Å². The summed E-state index contributed by atoms with van der Waals surface area (Å²) < 4.78 is 13.3. The maximum Gasteiger partial charge on any atom is 0.270 e. The van der Waals surface area contributed by atoms with Gasteiger partial charge in [-0.2, -0.15) is 10.4 Å². The molecule has 2 amide bonds. The number of rotatable bonds is 5. The number of carbonyl (C=O) groups is 2. The average molecular weight is 434 g/mol. The highest BCUT2D eigenvalue weighted by molar-refractivity contribution is 6.40. The SMILES string of the molecule is N#Cc1ccc(CN2CCN(C(=O)C3=NN(c4ccc(F)cc4)C(C(N)=O)C3)CC2)cc1. The molecule has 2 aromatic carbocycles. The number of halogens is 1. The van der Waals surface area contributed by atoms with E-state index in [4.69, 9.17) is 11.0 Å². The molecule has 2 aromatic rings. The van der Waals surface area contributed by atoms with E-state index >= 15 is 0 Å². The Balaban J connectivity index is 1.38. The van der Waals surface area contributed by atoms with E-state index in [9.17, 15) is 14.0 Å². The average Bonchev–Trinajstić information content (AvgIpc) is 3.26. The summed E-state index contributed by atoms with van der Waals surface area (Å²) in [5.74, 6) is -1.20. The second-order valence-corrected chi connectivity index (χ2v) is 7.87. The van der Waals surface area contributed by atoms with Crippen LogP contribution in [-0.2, 0) is 16.1 Å². The minimum Gasteiger partial charge on any atom is -0.368 e. The maximum absolute atomic E-state index is 13.3. The van der Waals surface area contributed by atoms with Crippen molar-refractivity contribution in [2.45, 2.75) is 19.0 Å². The highest BCUT2D eigenvalue weighted by atomic mass is 19.1. The van der Waals surface area contributed by atoms with Crippen LogP contribution in [0.3, 0.4) is 0 Å². The van der Waals surface area contributed by atoms with E-state index in [-0.39, 0.29) is 18.0 Å². The van der Waals surface area contributed by atoms with E-state index in [0.29, 0.717) is 37.4 Å². The van der Waals surface area contributed by atoms with Gasteiger partial charge in [0.15, 0.2) is 0 Å². The standard InChI is InChI=1S/C23H23FN6O2/c24-18-5-7-19(8-6-18)30-21(22(26)31)13-20(27-30)23(32)29-11-9-28(10-12-29)15-17-3-1-16(14-25)2-4-17/h1-8,21H,9-13,15H2,(H2,26,31). The minimum atomic E-state index is -0.780. The van der Waals surface area contributed by atoms with Crippen LogP contribution in [0.15, 0.2) is 53.6 Å². The van der Waals surface area contributed by atoms with E-state index in [1.165, 1.54) is 29.3 Å². The van der Waals surface area contributed by atoms with E-state index in [0.717, 1.165) is 12.1 Å². The summed E-state index contributed by atoms with van der Waals surface area (Å²) in [5, 5.41) is 14.7. The Morgan fingerprint density at radius 1 is 1.06 bits per heavy atom. The van der Waals surface area contributed by atoms with Crippen molar-refractivity contribution in [3.05, 3.63) is 65.5 Å². The van der Waals surface area contributed by atoms with Gasteiger partial charge in [-0.05, 0) is 42.0 Å². The molecule has 2 N–H and O–H groups in total. The van der Waals surface area contributed by atoms with Crippen molar-refractivity contribution in [3.63, 3.8) is 0 Å². The molecular weight excluding hydrogens is 411 g/mol. The van der Waals surface area contributed by atoms with Crippen molar-refractivity contribution < 1.29 is 14.0 Å². The Morgan fingerprint density at radius 2 is 1.72 bits per heavy atom. The predicted molar refractivity (Wildman–Crippen MR) is 117 cm³/mol. The zero-order valence-corrected chi connectivity index (χ0v) is 17.4. The molecule has 0 aliphatic carbocycles. The molecule has 1 saturated heterocycles. The van der Waals surface area contributed by atoms with Crippen LogP contribution in [-0.4, -0.2) is 59.5 Å². The number of hydrogen-bond acceptors (Lipinski definition) is 6. The number of piperazine rings is 1. The molecule has 4 rings (SSSR count). The zero-order valence-electron chi connectivity index (χ0n) is 17.4. The van der Waals surface area contributed by atoms with Gasteiger partial charge in [-0.25, -0.2) is 4.39 Å². The fourth-order valence-corrected chi connectivity index (χ4v) is 3.93. The van der Waals surface area contributed by atoms with Crippen molar-refractivity contribution >= 4 is 23.2 Å². The summed E-state index contributed by atoms with van der Waals surface area (Å²) in [6.45, 7) is 3.26. The van der Waals surface area contributed by atoms with Crippen molar-refractivity contribution in [3.8, 4) is 6.07 Å². The zero-order chi connectivity index (χ0) is 22.7. The number of hydrogen-bond donors (Lipinski definition) is 1. The number of anilines is 1. The predicted octanol–water partition coefficient (Wildman–Crippen LogP) is 1.46. The van der Waals surface area contributed by atoms with Gasteiger partial charge in [-0.15, -0.1) is 0 Å². The lowest BCUT2D eigenvalue weighted by atomic mass is 10.1. The third-order valence-corrected chi connectivity index (χ3v) is 5.73. The normalized spacial score (nSPS) is 18.9. The van der Waals surface area contributed by atoms with Gasteiger partial charge in [-0.1, -0.05) is 12.1 Å². The first-order valence-electron chi connectivity index (χ1n) is 10.4. The Kier molecular flexibility index (Phi) is 6.14. The van der Waals surface area contributed by atoms with Gasteiger partial charge in [0.05, 0.1) is 17.3 Å². The number of hydrazone groups is 1. The fraction of sp³-hybridized carbons (Fsp3) is 0.304. The van der Waals surface area contributed by atoms with Crippen LogP contribution >= 0.6 is 0 Å². The molecule has 32 heavy (non-hydrogen) atoms. The third-order valence-electron chi connectivity index (χ3n) is 5.73. The number of benzene rings is 2. The van der Waals surface area contributed by atoms with Crippen LogP contribution in [0, 0.1) is 17.1 Å². The molecule has 9 heteroatoms. The molecule has 2 aliphatic rings. The molecule has 8 nitrogen and oxygen atoms in total. The summed E-state index contributed by atoms with van der Waals surface area (Å²) in [5.41, 5.74) is 8.05. The number of nitriles is 1. The fourth-order valence-electron chi connectivity index (χ4n) is 3.93. The van der Waals surface area contributed by atoms with E-state index < -0.39 is 17.8 Å². The van der Waals surface area contributed by atoms with Gasteiger partial charge >= 0.3 is 0 Å². The highest BCUT2D eigenvalue weighted by Gasteiger charge is 2.37. The molecular formula is C23H23FN6O2. The number of primary amides is 1. The first-order chi connectivity index (χ1) is 15.4. The molecule has 1 unspecified atom stereocenters. The lowest BCUT2D eigenvalue weighted by Crippen LogP contribution is -2.50. The van der Waals surface area contributed by atoms with Gasteiger partial charge < -0.3 is 10.6 Å². The molecule has 0 bridgehead atoms. The topological polar surface area (TPSA) is 106 Å². The Hall–Kier alpha value is -3.77. The van der Waals surface area contributed by atoms with Crippen molar-refractivity contribution in [1.29, 1.82) is 5.26 Å². The van der Waals surface area contributed by atoms with Gasteiger partial charge in [0.1, 0.15) is 17.6 Å². The summed E-state index contributed by atoms with van der Waals surface area (Å²) in [6, 6.07) is 14.4. The van der Waals surface area contributed by atoms with Crippen molar-refractivity contribution in [2.24, 2.45) is 10.8 Å². The molecule has 0 radical (unpaired) electrons. The largest absolute Gasteiger partial charge is 0.368 e. The van der Waals surface area contributed by atoms with Gasteiger partial charge in [0.2, 0.25) is 5.91 Å². The van der Waals surface area contributed by atoms with E-state index in [2.05, 4.69) is 16.1 Å². The lowest BCUT2D eigenvalue weighted by Gasteiger charge is -2.34. The molecule has 0 aromatic heterocycles. The number of nitrogens with zero attached hydrogens (tertiary/aromatic N) is 5. The lowest BCUT2D eigenvalue weighted by molar-refractivity contribution is -0.125. The Labute approximate surface area is 185 Å². The molecule has 2 aliphatic heterocycles. The van der Waals surface area contributed by atoms with Crippen LogP contribution in [0.2, 0.25) is 0 Å². The number of carbonyl (C=O) groups excluding carboxylic acids is 2. The maximum atomic E-state index is 13.3. The molecule has 164 valence electrons. The number of nitrogens with two attached hydrogens (primary N) is 1. The second kappa shape index (κ2) is 9.16. The summed E-state index contributed by atoms with van der Waals surface area (Å²) in [6.07, 6.45) is 0.122. The molecule has 0 spiro atoms. The summed E-state index contributed by atoms with van der Waals surface area (Å²) >= 11 is 0. The Bertz CT molecular complexity index is 1070. The quantitative estimate of drug-likeness (QED) is 0.767. The van der Waals surface area contributed by atoms with Crippen molar-refractivity contribution in [1.82, 2.24) is 9.80 Å². The first-order valence-corrected chi connectivity index (χ1v) is 10.4. The summed E-state index contributed by atoms with van der Waals surface area (Å²) in [4.78, 5) is 29.0. The molecule has 2 heterocycles. The van der Waals surface area contributed by atoms with Crippen LogP contribution in [0.5, 0.6) is 0 Å². The summed E-state index contributed by atoms with van der Waals surface area (Å²) in [7, 11) is 0. The third kappa shape index (κ3) is 4.60.